The van der Waals surface area contributed by atoms with Crippen LogP contribution in [0.3, 0.4) is 0 Å². The molecular formula is C68H66N2O17. The molecular weight excluding hydrogens is 1120 g/mol. The van der Waals surface area contributed by atoms with Crippen molar-refractivity contribution < 1.29 is 80.9 Å². The van der Waals surface area contributed by atoms with E-state index in [1.165, 1.54) is 43.4 Å². The number of benzene rings is 7. The maximum atomic E-state index is 14.7. The maximum Gasteiger partial charge on any atom is 0.396 e. The van der Waals surface area contributed by atoms with Crippen LogP contribution >= 0.6 is 0 Å². The Morgan fingerprint density at radius 1 is 0.517 bits per heavy atom. The summed E-state index contributed by atoms with van der Waals surface area (Å²) in [5.41, 5.74) is 1.64. The normalized spacial score (nSPS) is 18.9. The van der Waals surface area contributed by atoms with Gasteiger partial charge in [-0.2, -0.15) is 0 Å². The molecule has 9 rings (SSSR count). The largest absolute Gasteiger partial charge is 0.497 e. The van der Waals surface area contributed by atoms with Crippen LogP contribution in [0.15, 0.2) is 200 Å². The lowest BCUT2D eigenvalue weighted by molar-refractivity contribution is -0.298. The van der Waals surface area contributed by atoms with Crippen LogP contribution < -0.4 is 14.8 Å². The molecule has 2 aliphatic rings. The van der Waals surface area contributed by atoms with Gasteiger partial charge in [0.15, 0.2) is 24.6 Å². The lowest BCUT2D eigenvalue weighted by atomic mass is 9.79. The van der Waals surface area contributed by atoms with Crippen molar-refractivity contribution in [1.29, 1.82) is 0 Å². The first kappa shape index (κ1) is 61.9. The Morgan fingerprint density at radius 3 is 1.45 bits per heavy atom. The number of amides is 2. The molecule has 450 valence electrons. The molecule has 7 atom stereocenters. The second kappa shape index (κ2) is 29.9. The van der Waals surface area contributed by atoms with Gasteiger partial charge in [-0.1, -0.05) is 127 Å². The smallest absolute Gasteiger partial charge is 0.396 e. The molecule has 0 saturated carbocycles. The minimum Gasteiger partial charge on any atom is -0.497 e. The molecule has 2 unspecified atom stereocenters. The minimum atomic E-state index is -1.64. The number of nitrogens with zero attached hydrogens (tertiary/aromatic N) is 1. The maximum absolute atomic E-state index is 14.7. The fraction of sp³-hybridized carbons (Fsp3) is 0.279. The van der Waals surface area contributed by atoms with E-state index in [0.717, 1.165) is 16.7 Å². The van der Waals surface area contributed by atoms with E-state index in [2.05, 4.69) is 5.32 Å². The van der Waals surface area contributed by atoms with Crippen molar-refractivity contribution in [3.05, 3.63) is 239 Å². The first-order valence-corrected chi connectivity index (χ1v) is 28.4. The highest BCUT2D eigenvalue weighted by Crippen LogP contribution is 2.44. The van der Waals surface area contributed by atoms with Gasteiger partial charge in [0.1, 0.15) is 36.4 Å². The summed E-state index contributed by atoms with van der Waals surface area (Å²) in [6.45, 7) is -0.936. The number of carbonyl (C=O) groups is 7. The van der Waals surface area contributed by atoms with Gasteiger partial charge in [0, 0.05) is 26.6 Å². The van der Waals surface area contributed by atoms with Crippen LogP contribution in [0.5, 0.6) is 11.5 Å². The SMILES string of the molecule is CNC(=O)C(=O)OC[C@@H]1C[C@@H](OC(c2ccccc2)(c2ccc(OC)cc2)c2ccc(OC)cc2)CN1C(=O)CCCCO[C@H]1OC(COC(=O)c2ccccc2)[C@@H](OC(=O)c2ccccc2)[C@H](OC(=O)c2ccccc2)C1OC(=O)c1ccccc1. The van der Waals surface area contributed by atoms with Gasteiger partial charge in [-0.25, -0.2) is 24.0 Å². The number of ether oxygens (including phenoxy) is 10. The van der Waals surface area contributed by atoms with E-state index >= 15 is 0 Å². The van der Waals surface area contributed by atoms with Gasteiger partial charge in [-0.3, -0.25) is 9.59 Å². The second-order valence-electron chi connectivity index (χ2n) is 20.4. The Balaban J connectivity index is 0.980. The molecule has 0 bridgehead atoms. The van der Waals surface area contributed by atoms with Gasteiger partial charge in [0.2, 0.25) is 5.91 Å². The van der Waals surface area contributed by atoms with Gasteiger partial charge in [-0.05, 0) is 109 Å². The monoisotopic (exact) mass is 1180 g/mol. The lowest BCUT2D eigenvalue weighted by Crippen LogP contribution is -2.63. The third-order valence-corrected chi connectivity index (χ3v) is 14.8. The third kappa shape index (κ3) is 15.4. The summed E-state index contributed by atoms with van der Waals surface area (Å²) >= 11 is 0. The molecule has 7 aromatic carbocycles. The van der Waals surface area contributed by atoms with Gasteiger partial charge in [-0.15, -0.1) is 0 Å². The summed E-state index contributed by atoms with van der Waals surface area (Å²) in [5, 5.41) is 2.28. The van der Waals surface area contributed by atoms with Crippen molar-refractivity contribution in [3.63, 3.8) is 0 Å². The van der Waals surface area contributed by atoms with Crippen LogP contribution in [0.2, 0.25) is 0 Å². The average molecular weight is 1180 g/mol. The molecule has 0 spiro atoms. The Hall–Kier alpha value is -9.69. The van der Waals surface area contributed by atoms with Crippen LogP contribution in [0.25, 0.3) is 0 Å². The van der Waals surface area contributed by atoms with Crippen LogP contribution in [0, 0.1) is 0 Å². The molecule has 0 aromatic heterocycles. The predicted octanol–water partition coefficient (Wildman–Crippen LogP) is 8.72. The first-order chi connectivity index (χ1) is 42.4. The number of rotatable bonds is 24. The summed E-state index contributed by atoms with van der Waals surface area (Å²) in [6.07, 6.45) is -7.88. The highest BCUT2D eigenvalue weighted by molar-refractivity contribution is 6.32. The Morgan fingerprint density at radius 2 is 0.966 bits per heavy atom. The number of nitrogens with one attached hydrogen (secondary N) is 1. The van der Waals surface area contributed by atoms with Crippen LogP contribution in [-0.2, 0) is 57.9 Å². The number of likely N-dealkylation sites (N-methyl/N-ethyl adjacent to an activating group) is 1. The van der Waals surface area contributed by atoms with Crippen molar-refractivity contribution in [1.82, 2.24) is 10.2 Å². The van der Waals surface area contributed by atoms with E-state index in [1.807, 2.05) is 78.9 Å². The quantitative estimate of drug-likeness (QED) is 0.0196. The highest BCUT2D eigenvalue weighted by atomic mass is 16.7. The van der Waals surface area contributed by atoms with E-state index in [1.54, 1.807) is 104 Å². The Bertz CT molecular complexity index is 3360. The van der Waals surface area contributed by atoms with Gasteiger partial charge in [0.05, 0.1) is 48.6 Å². The zero-order chi connectivity index (χ0) is 61.1. The molecule has 2 heterocycles. The number of carbonyl (C=O) groups excluding carboxylic acids is 7. The lowest BCUT2D eigenvalue weighted by Gasteiger charge is -2.44. The van der Waals surface area contributed by atoms with Crippen molar-refractivity contribution in [2.45, 2.75) is 74.1 Å². The van der Waals surface area contributed by atoms with Gasteiger partial charge in [0.25, 0.3) is 0 Å². The van der Waals surface area contributed by atoms with E-state index in [0.29, 0.717) is 11.5 Å². The molecule has 7 aromatic rings. The zero-order valence-corrected chi connectivity index (χ0v) is 48.1. The fourth-order valence-corrected chi connectivity index (χ4v) is 10.4. The molecule has 0 aliphatic carbocycles. The fourth-order valence-electron chi connectivity index (χ4n) is 10.4. The van der Waals surface area contributed by atoms with Gasteiger partial charge >= 0.3 is 35.8 Å². The summed E-state index contributed by atoms with van der Waals surface area (Å²) in [7, 11) is 4.47. The molecule has 0 radical (unpaired) electrons. The van der Waals surface area contributed by atoms with Crippen LogP contribution in [-0.4, -0.2) is 137 Å². The molecule has 2 saturated heterocycles. The standard InChI is InChI=1S/C68H66N2O17/c1-69-61(72)66(77)81-43-52-41-55(87-68(49-29-17-8-18-30-49,50-32-36-53(78-2)37-33-50)51-34-38-54(79-3)39-35-51)42-70(52)57(71)31-19-20-40-80-67-60(86-65(76)48-27-15-7-16-28-48)59(85-64(75)47-25-13-6-14-26-47)58(84-63(74)46-23-11-5-12-24-46)56(83-67)44-82-62(73)45-21-9-4-10-22-45/h4-18,21-30,32-39,52,55-56,58-60,67H,19-20,31,40-44H2,1-3H3,(H,69,72)/t52-,55+,56?,58+,59-,60?,67-/m0/s1. The summed E-state index contributed by atoms with van der Waals surface area (Å²) in [4.78, 5) is 97.2. The first-order valence-electron chi connectivity index (χ1n) is 28.4. The third-order valence-electron chi connectivity index (χ3n) is 14.8. The molecule has 1 N–H and O–H groups in total. The van der Waals surface area contributed by atoms with E-state index < -0.39 is 90.8 Å². The minimum absolute atomic E-state index is 0.0401. The summed E-state index contributed by atoms with van der Waals surface area (Å²) < 4.78 is 61.3. The van der Waals surface area contributed by atoms with E-state index in [-0.39, 0.29) is 73.6 Å². The summed E-state index contributed by atoms with van der Waals surface area (Å²) in [5.74, 6) is -4.45. The number of unbranched alkanes of at least 4 members (excludes halogenated alkanes) is 1. The second-order valence-corrected chi connectivity index (χ2v) is 20.4. The van der Waals surface area contributed by atoms with Crippen molar-refractivity contribution in [2.24, 2.45) is 0 Å². The predicted molar refractivity (Wildman–Crippen MR) is 314 cm³/mol. The molecule has 87 heavy (non-hydrogen) atoms. The zero-order valence-electron chi connectivity index (χ0n) is 48.1. The topological polar surface area (TPSA) is 227 Å². The molecule has 2 aliphatic heterocycles. The molecule has 19 heteroatoms. The van der Waals surface area contributed by atoms with Crippen LogP contribution in [0.4, 0.5) is 0 Å². The van der Waals surface area contributed by atoms with Gasteiger partial charge < -0.3 is 57.6 Å². The Kier molecular flexibility index (Phi) is 21.3. The van der Waals surface area contributed by atoms with Crippen molar-refractivity contribution in [3.8, 4) is 11.5 Å². The number of likely N-dealkylation sites (tertiary alicyclic amines) is 1. The average Bonchev–Trinajstić information content (AvgIpc) is 2.02. The molecule has 2 fully saturated rings. The van der Waals surface area contributed by atoms with Crippen molar-refractivity contribution in [2.75, 3.05) is 47.6 Å². The number of hydrogen-bond acceptors (Lipinski definition) is 17. The van der Waals surface area contributed by atoms with Crippen LogP contribution in [0.1, 0.15) is 83.8 Å². The van der Waals surface area contributed by atoms with E-state index in [9.17, 15) is 33.6 Å². The van der Waals surface area contributed by atoms with Crippen molar-refractivity contribution >= 4 is 41.7 Å². The van der Waals surface area contributed by atoms with E-state index in [4.69, 9.17) is 47.4 Å². The molecule has 19 nitrogen and oxygen atoms in total. The number of esters is 5. The number of methoxy groups -OCH3 is 2. The number of hydrogen-bond donors (Lipinski definition) is 1. The molecule has 2 amide bonds. The Labute approximate surface area is 503 Å². The summed E-state index contributed by atoms with van der Waals surface area (Å²) in [6, 6.07) is 56.2. The highest BCUT2D eigenvalue weighted by Gasteiger charge is 2.54.